The Kier molecular flexibility index (Phi) is 3.41. The van der Waals surface area contributed by atoms with Crippen LogP contribution in [0.15, 0.2) is 30.3 Å². The molecule has 1 aromatic carbocycles. The molecule has 0 amide bonds. The van der Waals surface area contributed by atoms with Gasteiger partial charge in [0.25, 0.3) is 5.90 Å². The van der Waals surface area contributed by atoms with Gasteiger partial charge in [-0.1, -0.05) is 43.0 Å². The first-order valence-electron chi connectivity index (χ1n) is 3.70. The van der Waals surface area contributed by atoms with Gasteiger partial charge in [-0.3, -0.25) is 10.2 Å². The highest BCUT2D eigenvalue weighted by Gasteiger charge is 2.15. The Morgan fingerprint density at radius 1 is 1.21 bits per heavy atom. The van der Waals surface area contributed by atoms with Gasteiger partial charge in [-0.05, 0) is 0 Å². The maximum Gasteiger partial charge on any atom is 0.371 e. The Labute approximate surface area is 85.8 Å². The average Bonchev–Trinajstić information content (AvgIpc) is 2.17. The molecule has 1 N–H and O–H groups in total. The van der Waals surface area contributed by atoms with Gasteiger partial charge in [0.2, 0.25) is 5.78 Å². The van der Waals surface area contributed by atoms with Crippen molar-refractivity contribution in [3.8, 4) is 0 Å². The van der Waals surface area contributed by atoms with Crippen LogP contribution in [0, 0.1) is 5.41 Å². The topological polar surface area (TPSA) is 67.2 Å². The van der Waals surface area contributed by atoms with Crippen molar-refractivity contribution in [3.63, 3.8) is 0 Å². The zero-order chi connectivity index (χ0) is 10.6. The van der Waals surface area contributed by atoms with E-state index in [1.165, 1.54) is 12.1 Å². The largest absolute Gasteiger partial charge is 0.396 e. The van der Waals surface area contributed by atoms with Gasteiger partial charge in [0.05, 0.1) is 0 Å². The number of thiol groups is 1. The Hall–Kier alpha value is -1.62. The summed E-state index contributed by atoms with van der Waals surface area (Å²) in [7, 11) is 0. The number of hydrogen-bond acceptors (Lipinski definition) is 4. The van der Waals surface area contributed by atoms with E-state index in [2.05, 4.69) is 17.4 Å². The summed E-state index contributed by atoms with van der Waals surface area (Å²) in [5, 5.41) is 6.15. The van der Waals surface area contributed by atoms with Crippen molar-refractivity contribution < 1.29 is 14.3 Å². The molecule has 0 aromatic heterocycles. The predicted octanol–water partition coefficient (Wildman–Crippen LogP) is 1.91. The lowest BCUT2D eigenvalue weighted by atomic mass is 10.1. The minimum Gasteiger partial charge on any atom is -0.396 e. The Morgan fingerprint density at radius 3 is 2.29 bits per heavy atom. The summed E-state index contributed by atoms with van der Waals surface area (Å²) in [4.78, 5) is 21.7. The van der Waals surface area contributed by atoms with Crippen LogP contribution in [0.5, 0.6) is 0 Å². The van der Waals surface area contributed by atoms with Gasteiger partial charge in [0.15, 0.2) is 0 Å². The molecule has 1 rings (SSSR count). The van der Waals surface area contributed by atoms with Crippen LogP contribution < -0.4 is 0 Å². The zero-order valence-electron chi connectivity index (χ0n) is 7.06. The maximum atomic E-state index is 11.3. The highest BCUT2D eigenvalue weighted by molar-refractivity contribution is 7.96. The van der Waals surface area contributed by atoms with Gasteiger partial charge in [0.1, 0.15) is 0 Å². The quantitative estimate of drug-likeness (QED) is 0.257. The number of hydrogen-bond donors (Lipinski definition) is 2. The molecule has 0 heterocycles. The number of nitrogens with one attached hydrogen (secondary N) is 1. The van der Waals surface area contributed by atoms with E-state index in [-0.39, 0.29) is 0 Å². The predicted molar refractivity (Wildman–Crippen MR) is 54.0 cm³/mol. The molecular formula is C9H7NO3S. The van der Waals surface area contributed by atoms with E-state index in [9.17, 15) is 9.59 Å². The van der Waals surface area contributed by atoms with E-state index in [1.807, 2.05) is 0 Å². The number of ketones is 1. The van der Waals surface area contributed by atoms with Crippen LogP contribution >= 0.6 is 12.6 Å². The standard InChI is InChI=1S/C9H7NO3S/c10-8(13-9(12)14)7(11)6-4-2-1-3-5-6/h1-5,10H,(H,12,14). The maximum absolute atomic E-state index is 11.3. The summed E-state index contributed by atoms with van der Waals surface area (Å²) in [6.45, 7) is 0. The molecule has 0 bridgehead atoms. The van der Waals surface area contributed by atoms with E-state index in [4.69, 9.17) is 5.41 Å². The van der Waals surface area contributed by atoms with Gasteiger partial charge in [-0.25, -0.2) is 4.79 Å². The van der Waals surface area contributed by atoms with Crippen molar-refractivity contribution in [1.82, 2.24) is 0 Å². The third kappa shape index (κ3) is 2.70. The first-order chi connectivity index (χ1) is 6.61. The molecule has 0 unspecified atom stereocenters. The monoisotopic (exact) mass is 209 g/mol. The zero-order valence-corrected chi connectivity index (χ0v) is 7.95. The number of benzene rings is 1. The highest BCUT2D eigenvalue weighted by atomic mass is 32.1. The van der Waals surface area contributed by atoms with Crippen LogP contribution in [-0.4, -0.2) is 17.0 Å². The summed E-state index contributed by atoms with van der Waals surface area (Å²) in [5.74, 6) is -1.37. The smallest absolute Gasteiger partial charge is 0.371 e. The summed E-state index contributed by atoms with van der Waals surface area (Å²) in [6, 6.07) is 8.11. The first-order valence-corrected chi connectivity index (χ1v) is 4.15. The highest BCUT2D eigenvalue weighted by Crippen LogP contribution is 2.02. The minimum absolute atomic E-state index is 0.298. The van der Waals surface area contributed by atoms with Crippen molar-refractivity contribution in [2.24, 2.45) is 0 Å². The molecule has 0 saturated heterocycles. The average molecular weight is 209 g/mol. The van der Waals surface area contributed by atoms with Crippen LogP contribution in [0.1, 0.15) is 10.4 Å². The number of carbonyl (C=O) groups excluding carboxylic acids is 2. The van der Waals surface area contributed by atoms with E-state index in [1.54, 1.807) is 18.2 Å². The van der Waals surface area contributed by atoms with E-state index >= 15 is 0 Å². The normalized spacial score (nSPS) is 9.21. The molecule has 5 heteroatoms. The lowest BCUT2D eigenvalue weighted by Crippen LogP contribution is -2.17. The third-order valence-corrected chi connectivity index (χ3v) is 1.52. The molecule has 0 atom stereocenters. The lowest BCUT2D eigenvalue weighted by Gasteiger charge is -2.00. The molecule has 0 aliphatic rings. The summed E-state index contributed by atoms with van der Waals surface area (Å²) < 4.78 is 4.23. The second-order valence-electron chi connectivity index (χ2n) is 2.39. The summed E-state index contributed by atoms with van der Waals surface area (Å²) in [6.07, 6.45) is 0. The van der Waals surface area contributed by atoms with E-state index in [0.717, 1.165) is 0 Å². The molecule has 0 saturated carbocycles. The number of carbonyl (C=O) groups is 2. The van der Waals surface area contributed by atoms with Crippen molar-refractivity contribution in [2.45, 2.75) is 0 Å². The van der Waals surface area contributed by atoms with Crippen LogP contribution in [-0.2, 0) is 4.74 Å². The van der Waals surface area contributed by atoms with Gasteiger partial charge in [-0.15, -0.1) is 0 Å². The fourth-order valence-electron chi connectivity index (χ4n) is 0.854. The summed E-state index contributed by atoms with van der Waals surface area (Å²) >= 11 is 3.29. The van der Waals surface area contributed by atoms with Crippen LogP contribution in [0.2, 0.25) is 0 Å². The van der Waals surface area contributed by atoms with Crippen molar-refractivity contribution in [2.75, 3.05) is 0 Å². The Balaban J connectivity index is 2.76. The molecule has 0 radical (unpaired) electrons. The molecule has 72 valence electrons. The van der Waals surface area contributed by atoms with Gasteiger partial charge in [-0.2, -0.15) is 0 Å². The Morgan fingerprint density at radius 2 is 1.79 bits per heavy atom. The molecule has 14 heavy (non-hydrogen) atoms. The van der Waals surface area contributed by atoms with Gasteiger partial charge in [0, 0.05) is 5.56 Å². The van der Waals surface area contributed by atoms with Crippen LogP contribution in [0.25, 0.3) is 0 Å². The molecular weight excluding hydrogens is 202 g/mol. The molecule has 4 nitrogen and oxygen atoms in total. The van der Waals surface area contributed by atoms with E-state index in [0.29, 0.717) is 5.56 Å². The van der Waals surface area contributed by atoms with Crippen molar-refractivity contribution >= 4 is 29.6 Å². The third-order valence-electron chi connectivity index (χ3n) is 1.43. The lowest BCUT2D eigenvalue weighted by molar-refractivity contribution is 0.103. The molecule has 0 fully saturated rings. The Bertz CT molecular complexity index is 375. The van der Waals surface area contributed by atoms with Gasteiger partial charge < -0.3 is 4.74 Å². The summed E-state index contributed by atoms with van der Waals surface area (Å²) in [5.41, 5.74) is 0.298. The van der Waals surface area contributed by atoms with Crippen LogP contribution in [0.3, 0.4) is 0 Å². The second kappa shape index (κ2) is 4.57. The molecule has 0 aliphatic carbocycles. The first kappa shape index (κ1) is 10.5. The molecule has 1 aromatic rings. The minimum atomic E-state index is -0.973. The number of ether oxygens (including phenoxy) is 1. The fourth-order valence-corrected chi connectivity index (χ4v) is 0.946. The van der Waals surface area contributed by atoms with Crippen molar-refractivity contribution in [1.29, 1.82) is 5.41 Å². The molecule has 0 aliphatic heterocycles. The van der Waals surface area contributed by atoms with E-state index < -0.39 is 17.0 Å². The second-order valence-corrected chi connectivity index (χ2v) is 2.76. The number of Topliss-reactive ketones (excluding diaryl/α,β-unsaturated/α-hetero) is 1. The number of rotatable bonds is 2. The van der Waals surface area contributed by atoms with Crippen LogP contribution in [0.4, 0.5) is 4.79 Å². The SMILES string of the molecule is N=C(OC(=O)S)C(=O)c1ccccc1. The van der Waals surface area contributed by atoms with Crippen molar-refractivity contribution in [3.05, 3.63) is 35.9 Å². The fraction of sp³-hybridized carbons (Fsp3) is 0. The molecule has 0 spiro atoms. The van der Waals surface area contributed by atoms with Gasteiger partial charge >= 0.3 is 5.30 Å².